The zero-order valence-electron chi connectivity index (χ0n) is 12.0. The highest BCUT2D eigenvalue weighted by atomic mass is 16.3. The Bertz CT molecular complexity index is 650. The van der Waals surface area contributed by atoms with Gasteiger partial charge >= 0.3 is 0 Å². The fourth-order valence-corrected chi connectivity index (χ4v) is 1.77. The van der Waals surface area contributed by atoms with Crippen molar-refractivity contribution in [2.24, 2.45) is 0 Å². The molecule has 0 saturated carbocycles. The van der Waals surface area contributed by atoms with Crippen molar-refractivity contribution in [1.29, 1.82) is 0 Å². The Kier molecular flexibility index (Phi) is 5.50. The van der Waals surface area contributed by atoms with Crippen LogP contribution in [0.15, 0.2) is 59.7 Å². The van der Waals surface area contributed by atoms with Gasteiger partial charge < -0.3 is 20.4 Å². The van der Waals surface area contributed by atoms with Gasteiger partial charge in [0.05, 0.1) is 12.8 Å². The number of rotatable bonds is 7. The molecule has 0 aliphatic heterocycles. The minimum Gasteiger partial charge on any atom is -0.459 e. The number of amides is 2. The summed E-state index contributed by atoms with van der Waals surface area (Å²) in [6.45, 7) is 4.31. The van der Waals surface area contributed by atoms with E-state index in [9.17, 15) is 9.59 Å². The lowest BCUT2D eigenvalue weighted by molar-refractivity contribution is -0.115. The van der Waals surface area contributed by atoms with E-state index in [0.717, 1.165) is 0 Å². The molecule has 0 unspecified atom stereocenters. The topological polar surface area (TPSA) is 83.4 Å². The molecule has 0 aliphatic rings. The maximum Gasteiger partial charge on any atom is 0.291 e. The molecular formula is C16H17N3O3. The van der Waals surface area contributed by atoms with Gasteiger partial charge in [-0.1, -0.05) is 12.1 Å². The number of hydrogen-bond acceptors (Lipinski definition) is 4. The molecule has 0 aliphatic carbocycles. The van der Waals surface area contributed by atoms with Gasteiger partial charge in [0.25, 0.3) is 5.91 Å². The van der Waals surface area contributed by atoms with E-state index < -0.39 is 0 Å². The van der Waals surface area contributed by atoms with Crippen LogP contribution in [0.5, 0.6) is 0 Å². The van der Waals surface area contributed by atoms with E-state index in [4.69, 9.17) is 4.42 Å². The molecule has 3 N–H and O–H groups in total. The monoisotopic (exact) mass is 299 g/mol. The minimum absolute atomic E-state index is 0.170. The van der Waals surface area contributed by atoms with E-state index >= 15 is 0 Å². The van der Waals surface area contributed by atoms with Crippen molar-refractivity contribution < 1.29 is 14.0 Å². The summed E-state index contributed by atoms with van der Waals surface area (Å²) < 4.78 is 5.02. The molecule has 22 heavy (non-hydrogen) atoms. The number of nitrogens with one attached hydrogen (secondary N) is 3. The smallest absolute Gasteiger partial charge is 0.291 e. The van der Waals surface area contributed by atoms with E-state index in [1.54, 1.807) is 42.5 Å². The highest BCUT2D eigenvalue weighted by molar-refractivity contribution is 6.02. The van der Waals surface area contributed by atoms with Crippen LogP contribution >= 0.6 is 0 Å². The molecule has 0 spiro atoms. The highest BCUT2D eigenvalue weighted by Gasteiger charge is 2.09. The van der Waals surface area contributed by atoms with Gasteiger partial charge in [0.2, 0.25) is 5.91 Å². The second-order valence-electron chi connectivity index (χ2n) is 4.48. The number of carbonyl (C=O) groups excluding carboxylic acids is 2. The molecule has 2 rings (SSSR count). The Morgan fingerprint density at radius 1 is 1.14 bits per heavy atom. The molecule has 0 radical (unpaired) electrons. The fourth-order valence-electron chi connectivity index (χ4n) is 1.77. The molecule has 0 atom stereocenters. The normalized spacial score (nSPS) is 10.0. The van der Waals surface area contributed by atoms with Gasteiger partial charge in [0.15, 0.2) is 5.76 Å². The van der Waals surface area contributed by atoms with Crippen LogP contribution in [0.25, 0.3) is 0 Å². The van der Waals surface area contributed by atoms with Crippen LogP contribution in [0.4, 0.5) is 11.4 Å². The van der Waals surface area contributed by atoms with Crippen molar-refractivity contribution in [3.8, 4) is 0 Å². The summed E-state index contributed by atoms with van der Waals surface area (Å²) >= 11 is 0. The van der Waals surface area contributed by atoms with Crippen LogP contribution < -0.4 is 16.0 Å². The van der Waals surface area contributed by atoms with Gasteiger partial charge in [0, 0.05) is 17.9 Å². The zero-order chi connectivity index (χ0) is 15.8. The number of hydrogen-bond donors (Lipinski definition) is 3. The first kappa shape index (κ1) is 15.5. The Morgan fingerprint density at radius 3 is 2.59 bits per heavy atom. The van der Waals surface area contributed by atoms with Crippen molar-refractivity contribution in [2.45, 2.75) is 0 Å². The second-order valence-corrected chi connectivity index (χ2v) is 4.48. The lowest BCUT2D eigenvalue weighted by Gasteiger charge is -2.08. The number of anilines is 2. The van der Waals surface area contributed by atoms with E-state index in [1.807, 2.05) is 0 Å². The SMILES string of the molecule is C=CCNCC(=O)Nc1cccc(NC(=O)c2ccco2)c1. The summed E-state index contributed by atoms with van der Waals surface area (Å²) in [5.74, 6) is -0.291. The summed E-state index contributed by atoms with van der Waals surface area (Å²) in [6.07, 6.45) is 3.11. The first-order chi connectivity index (χ1) is 10.7. The first-order valence-corrected chi connectivity index (χ1v) is 6.75. The van der Waals surface area contributed by atoms with Crippen molar-refractivity contribution in [3.05, 3.63) is 61.1 Å². The average Bonchev–Trinajstić information content (AvgIpc) is 3.02. The molecule has 1 heterocycles. The second kappa shape index (κ2) is 7.80. The lowest BCUT2D eigenvalue weighted by atomic mass is 10.2. The van der Waals surface area contributed by atoms with Crippen molar-refractivity contribution in [1.82, 2.24) is 5.32 Å². The van der Waals surface area contributed by atoms with Gasteiger partial charge in [-0.3, -0.25) is 9.59 Å². The molecule has 0 saturated heterocycles. The molecule has 2 aromatic rings. The molecule has 0 bridgehead atoms. The maximum absolute atomic E-state index is 11.9. The predicted octanol–water partition coefficient (Wildman–Crippen LogP) is 2.25. The summed E-state index contributed by atoms with van der Waals surface area (Å²) in [6, 6.07) is 10.1. The fraction of sp³-hybridized carbons (Fsp3) is 0.125. The van der Waals surface area contributed by atoms with Crippen LogP contribution in [-0.2, 0) is 4.79 Å². The van der Waals surface area contributed by atoms with Crippen molar-refractivity contribution in [2.75, 3.05) is 23.7 Å². The third-order valence-corrected chi connectivity index (χ3v) is 2.72. The Hall–Kier alpha value is -2.86. The molecule has 1 aromatic carbocycles. The van der Waals surface area contributed by atoms with Gasteiger partial charge in [-0.15, -0.1) is 6.58 Å². The highest BCUT2D eigenvalue weighted by Crippen LogP contribution is 2.16. The summed E-state index contributed by atoms with van der Waals surface area (Å²) in [7, 11) is 0. The first-order valence-electron chi connectivity index (χ1n) is 6.75. The van der Waals surface area contributed by atoms with Crippen LogP contribution in [0.1, 0.15) is 10.6 Å². The third kappa shape index (κ3) is 4.60. The van der Waals surface area contributed by atoms with Gasteiger partial charge in [-0.05, 0) is 30.3 Å². The molecule has 2 amide bonds. The van der Waals surface area contributed by atoms with E-state index in [0.29, 0.717) is 17.9 Å². The van der Waals surface area contributed by atoms with E-state index in [-0.39, 0.29) is 24.1 Å². The van der Waals surface area contributed by atoms with Crippen molar-refractivity contribution in [3.63, 3.8) is 0 Å². The minimum atomic E-state index is -0.346. The van der Waals surface area contributed by atoms with Crippen LogP contribution in [0, 0.1) is 0 Å². The molecular weight excluding hydrogens is 282 g/mol. The van der Waals surface area contributed by atoms with Crippen molar-refractivity contribution >= 4 is 23.2 Å². The summed E-state index contributed by atoms with van der Waals surface area (Å²) in [4.78, 5) is 23.6. The zero-order valence-corrected chi connectivity index (χ0v) is 12.0. The lowest BCUT2D eigenvalue weighted by Crippen LogP contribution is -2.28. The molecule has 6 heteroatoms. The van der Waals surface area contributed by atoms with Gasteiger partial charge in [-0.25, -0.2) is 0 Å². The van der Waals surface area contributed by atoms with Crippen LogP contribution in [0.2, 0.25) is 0 Å². The number of furan rings is 1. The van der Waals surface area contributed by atoms with Crippen LogP contribution in [0.3, 0.4) is 0 Å². The van der Waals surface area contributed by atoms with Crippen LogP contribution in [-0.4, -0.2) is 24.9 Å². The maximum atomic E-state index is 11.9. The predicted molar refractivity (Wildman–Crippen MR) is 84.8 cm³/mol. The van der Waals surface area contributed by atoms with Gasteiger partial charge in [0.1, 0.15) is 0 Å². The number of benzene rings is 1. The standard InChI is InChI=1S/C16H17N3O3/c1-2-8-17-11-15(20)18-12-5-3-6-13(10-12)19-16(21)14-7-4-9-22-14/h2-7,9-10,17H,1,8,11H2,(H,18,20)(H,19,21). The third-order valence-electron chi connectivity index (χ3n) is 2.72. The molecule has 0 fully saturated rings. The quantitative estimate of drug-likeness (QED) is 0.541. The summed E-state index contributed by atoms with van der Waals surface area (Å²) in [5, 5.41) is 8.34. The average molecular weight is 299 g/mol. The van der Waals surface area contributed by atoms with E-state index in [1.165, 1.54) is 6.26 Å². The van der Waals surface area contributed by atoms with E-state index in [2.05, 4.69) is 22.5 Å². The molecule has 6 nitrogen and oxygen atoms in total. The largest absolute Gasteiger partial charge is 0.459 e. The Balaban J connectivity index is 1.93. The Labute approximate surface area is 128 Å². The Morgan fingerprint density at radius 2 is 1.91 bits per heavy atom. The molecule has 114 valence electrons. The summed E-state index contributed by atoms with van der Waals surface area (Å²) in [5.41, 5.74) is 1.17. The number of carbonyl (C=O) groups is 2. The molecule has 1 aromatic heterocycles. The van der Waals surface area contributed by atoms with Gasteiger partial charge in [-0.2, -0.15) is 0 Å².